The molecule has 0 radical (unpaired) electrons. The molecule has 1 heterocycles. The Morgan fingerprint density at radius 2 is 2.17 bits per heavy atom. The smallest absolute Gasteiger partial charge is 0.342 e. The lowest BCUT2D eigenvalue weighted by molar-refractivity contribution is 0.0526. The average molecular weight is 288 g/mol. The van der Waals surface area contributed by atoms with Gasteiger partial charge in [-0.15, -0.1) is 0 Å². The number of benzene rings is 1. The zero-order valence-corrected chi connectivity index (χ0v) is 10.8. The molecule has 0 spiro atoms. The molecule has 0 unspecified atom stereocenters. The second-order valence-corrected chi connectivity index (χ2v) is 4.21. The SMILES string of the molecule is CCOC(=O)c1c(Cl)nc2ccc(F)cc2c1Cl. The molecule has 0 fully saturated rings. The van der Waals surface area contributed by atoms with Crippen LogP contribution < -0.4 is 0 Å². The van der Waals surface area contributed by atoms with Crippen LogP contribution in [-0.2, 0) is 4.74 Å². The van der Waals surface area contributed by atoms with E-state index in [1.165, 1.54) is 18.2 Å². The number of hydrogen-bond acceptors (Lipinski definition) is 3. The minimum absolute atomic E-state index is 0.0433. The van der Waals surface area contributed by atoms with E-state index >= 15 is 0 Å². The molecular weight excluding hydrogens is 280 g/mol. The van der Waals surface area contributed by atoms with E-state index < -0.39 is 11.8 Å². The van der Waals surface area contributed by atoms with Gasteiger partial charge >= 0.3 is 5.97 Å². The third kappa shape index (κ3) is 2.26. The molecule has 6 heteroatoms. The number of carbonyl (C=O) groups excluding carboxylic acids is 1. The van der Waals surface area contributed by atoms with Crippen molar-refractivity contribution in [3.05, 3.63) is 39.8 Å². The number of halogens is 3. The lowest BCUT2D eigenvalue weighted by atomic mass is 10.1. The van der Waals surface area contributed by atoms with Gasteiger partial charge in [-0.1, -0.05) is 23.2 Å². The molecule has 2 aromatic rings. The molecule has 0 atom stereocenters. The van der Waals surface area contributed by atoms with Crippen LogP contribution >= 0.6 is 23.2 Å². The Morgan fingerprint density at radius 3 is 2.83 bits per heavy atom. The number of aromatic nitrogens is 1. The van der Waals surface area contributed by atoms with Gasteiger partial charge in [0.2, 0.25) is 0 Å². The summed E-state index contributed by atoms with van der Waals surface area (Å²) >= 11 is 11.9. The van der Waals surface area contributed by atoms with Gasteiger partial charge in [0.25, 0.3) is 0 Å². The molecule has 0 aliphatic carbocycles. The molecule has 0 N–H and O–H groups in total. The highest BCUT2D eigenvalue weighted by molar-refractivity contribution is 6.42. The van der Waals surface area contributed by atoms with Crippen LogP contribution in [-0.4, -0.2) is 17.6 Å². The first-order valence-electron chi connectivity index (χ1n) is 5.16. The standard InChI is InChI=1S/C12H8Cl2FNO2/c1-2-18-12(17)9-10(13)7-5-6(15)3-4-8(7)16-11(9)14/h3-5H,2H2,1H3. The molecule has 0 saturated carbocycles. The summed E-state index contributed by atoms with van der Waals surface area (Å²) in [6, 6.07) is 3.88. The highest BCUT2D eigenvalue weighted by Gasteiger charge is 2.20. The number of carbonyl (C=O) groups is 1. The Bertz CT molecular complexity index is 631. The third-order valence-corrected chi connectivity index (χ3v) is 2.99. The van der Waals surface area contributed by atoms with E-state index in [0.717, 1.165) is 0 Å². The van der Waals surface area contributed by atoms with Gasteiger partial charge in [0.1, 0.15) is 16.5 Å². The Labute approximate surface area is 112 Å². The molecule has 18 heavy (non-hydrogen) atoms. The van der Waals surface area contributed by atoms with Gasteiger partial charge in [-0.25, -0.2) is 14.2 Å². The Kier molecular flexibility index (Phi) is 3.68. The third-order valence-electron chi connectivity index (χ3n) is 2.32. The number of rotatable bonds is 2. The minimum Gasteiger partial charge on any atom is -0.462 e. The van der Waals surface area contributed by atoms with Gasteiger partial charge < -0.3 is 4.74 Å². The Hall–Kier alpha value is -1.39. The fourth-order valence-electron chi connectivity index (χ4n) is 1.55. The Balaban J connectivity index is 2.70. The van der Waals surface area contributed by atoms with Crippen LogP contribution in [0, 0.1) is 5.82 Å². The number of fused-ring (bicyclic) bond motifs is 1. The van der Waals surface area contributed by atoms with Crippen LogP contribution in [0.3, 0.4) is 0 Å². The predicted molar refractivity (Wildman–Crippen MR) is 67.7 cm³/mol. The highest BCUT2D eigenvalue weighted by Crippen LogP contribution is 2.31. The average Bonchev–Trinajstić information content (AvgIpc) is 2.31. The number of esters is 1. The quantitative estimate of drug-likeness (QED) is 0.622. The zero-order valence-electron chi connectivity index (χ0n) is 9.34. The lowest BCUT2D eigenvalue weighted by Crippen LogP contribution is -2.07. The maximum atomic E-state index is 13.2. The van der Waals surface area contributed by atoms with Crippen LogP contribution in [0.5, 0.6) is 0 Å². The van der Waals surface area contributed by atoms with E-state index in [1.807, 2.05) is 0 Å². The van der Waals surface area contributed by atoms with Crippen molar-refractivity contribution in [3.63, 3.8) is 0 Å². The van der Waals surface area contributed by atoms with E-state index in [1.54, 1.807) is 6.92 Å². The summed E-state index contributed by atoms with van der Waals surface area (Å²) in [5.74, 6) is -1.14. The molecule has 94 valence electrons. The van der Waals surface area contributed by atoms with Gasteiger partial charge in [-0.05, 0) is 25.1 Å². The van der Waals surface area contributed by atoms with E-state index in [4.69, 9.17) is 27.9 Å². The fourth-order valence-corrected chi connectivity index (χ4v) is 2.17. The monoisotopic (exact) mass is 287 g/mol. The summed E-state index contributed by atoms with van der Waals surface area (Å²) in [6.45, 7) is 1.85. The van der Waals surface area contributed by atoms with Crippen molar-refractivity contribution >= 4 is 40.1 Å². The topological polar surface area (TPSA) is 39.2 Å². The van der Waals surface area contributed by atoms with Crippen molar-refractivity contribution in [1.82, 2.24) is 4.98 Å². The van der Waals surface area contributed by atoms with Crippen LogP contribution in [0.15, 0.2) is 18.2 Å². The summed E-state index contributed by atoms with van der Waals surface area (Å²) in [4.78, 5) is 15.7. The maximum absolute atomic E-state index is 13.2. The van der Waals surface area contributed by atoms with E-state index in [2.05, 4.69) is 4.98 Å². The van der Waals surface area contributed by atoms with Crippen molar-refractivity contribution in [3.8, 4) is 0 Å². The molecule has 0 amide bonds. The molecule has 1 aromatic carbocycles. The fraction of sp³-hybridized carbons (Fsp3) is 0.167. The number of nitrogens with zero attached hydrogens (tertiary/aromatic N) is 1. The highest BCUT2D eigenvalue weighted by atomic mass is 35.5. The van der Waals surface area contributed by atoms with Crippen LogP contribution in [0.25, 0.3) is 10.9 Å². The van der Waals surface area contributed by atoms with Crippen molar-refractivity contribution < 1.29 is 13.9 Å². The van der Waals surface area contributed by atoms with Crippen LogP contribution in [0.2, 0.25) is 10.2 Å². The van der Waals surface area contributed by atoms with E-state index in [0.29, 0.717) is 10.9 Å². The summed E-state index contributed by atoms with van der Waals surface area (Å²) in [5.41, 5.74) is 0.373. The maximum Gasteiger partial charge on any atom is 0.342 e. The van der Waals surface area contributed by atoms with Gasteiger partial charge in [0, 0.05) is 5.39 Å². The lowest BCUT2D eigenvalue weighted by Gasteiger charge is -2.08. The number of hydrogen-bond donors (Lipinski definition) is 0. The first kappa shape index (κ1) is 13.1. The van der Waals surface area contributed by atoms with Crippen molar-refractivity contribution in [2.75, 3.05) is 6.61 Å². The molecule has 0 saturated heterocycles. The molecule has 3 nitrogen and oxygen atoms in total. The number of pyridine rings is 1. The largest absolute Gasteiger partial charge is 0.462 e. The molecular formula is C12H8Cl2FNO2. The first-order valence-corrected chi connectivity index (χ1v) is 5.91. The molecule has 0 bridgehead atoms. The van der Waals surface area contributed by atoms with Crippen LogP contribution in [0.4, 0.5) is 4.39 Å². The Morgan fingerprint density at radius 1 is 1.44 bits per heavy atom. The second kappa shape index (κ2) is 5.08. The van der Waals surface area contributed by atoms with E-state index in [-0.39, 0.29) is 22.3 Å². The molecule has 0 aliphatic heterocycles. The van der Waals surface area contributed by atoms with Gasteiger partial charge in [-0.3, -0.25) is 0 Å². The van der Waals surface area contributed by atoms with Crippen molar-refractivity contribution in [1.29, 1.82) is 0 Å². The van der Waals surface area contributed by atoms with Gasteiger partial charge in [0.15, 0.2) is 0 Å². The summed E-state index contributed by atoms with van der Waals surface area (Å²) < 4.78 is 18.0. The summed E-state index contributed by atoms with van der Waals surface area (Å²) in [7, 11) is 0. The predicted octanol–water partition coefficient (Wildman–Crippen LogP) is 3.86. The molecule has 0 aliphatic rings. The van der Waals surface area contributed by atoms with Crippen LogP contribution in [0.1, 0.15) is 17.3 Å². The minimum atomic E-state index is -0.675. The van der Waals surface area contributed by atoms with Gasteiger partial charge in [0.05, 0.1) is 17.1 Å². The number of ether oxygens (including phenoxy) is 1. The second-order valence-electron chi connectivity index (χ2n) is 3.47. The molecule has 1 aromatic heterocycles. The first-order chi connectivity index (χ1) is 8.54. The van der Waals surface area contributed by atoms with E-state index in [9.17, 15) is 9.18 Å². The zero-order chi connectivity index (χ0) is 13.3. The van der Waals surface area contributed by atoms with Gasteiger partial charge in [-0.2, -0.15) is 0 Å². The molecule has 2 rings (SSSR count). The summed E-state index contributed by atoms with van der Waals surface area (Å²) in [6.07, 6.45) is 0. The summed E-state index contributed by atoms with van der Waals surface area (Å²) in [5, 5.41) is 0.310. The normalized spacial score (nSPS) is 10.7. The van der Waals surface area contributed by atoms with Crippen molar-refractivity contribution in [2.24, 2.45) is 0 Å². The van der Waals surface area contributed by atoms with Crippen molar-refractivity contribution in [2.45, 2.75) is 6.92 Å².